The summed E-state index contributed by atoms with van der Waals surface area (Å²) in [6.07, 6.45) is 3.54. The molecule has 166 valence electrons. The summed E-state index contributed by atoms with van der Waals surface area (Å²) in [6, 6.07) is 17.2. The lowest BCUT2D eigenvalue weighted by atomic mass is 9.80. The molecule has 0 bridgehead atoms. The van der Waals surface area contributed by atoms with E-state index in [1.54, 1.807) is 12.1 Å². The van der Waals surface area contributed by atoms with Gasteiger partial charge >= 0.3 is 5.97 Å². The first-order valence-electron chi connectivity index (χ1n) is 11.1. The fourth-order valence-corrected chi connectivity index (χ4v) is 4.32. The molecule has 5 nitrogen and oxygen atoms in total. The molecule has 1 fully saturated rings. The third-order valence-corrected chi connectivity index (χ3v) is 6.41. The molecule has 2 aromatic rings. The highest BCUT2D eigenvalue weighted by Crippen LogP contribution is 2.32. The third kappa shape index (κ3) is 5.73. The smallest absolute Gasteiger partial charge is 0.337 e. The normalized spacial score (nSPS) is 20.1. The first kappa shape index (κ1) is 23.0. The first-order chi connectivity index (χ1) is 14.9. The third-order valence-electron chi connectivity index (χ3n) is 6.41. The molecule has 1 heterocycles. The van der Waals surface area contributed by atoms with Crippen LogP contribution >= 0.6 is 0 Å². The van der Waals surface area contributed by atoms with Crippen molar-refractivity contribution in [2.45, 2.75) is 51.0 Å². The minimum Gasteiger partial charge on any atom is -0.492 e. The monoisotopic (exact) mass is 423 g/mol. The van der Waals surface area contributed by atoms with Crippen LogP contribution in [0.2, 0.25) is 0 Å². The number of benzene rings is 2. The summed E-state index contributed by atoms with van der Waals surface area (Å²) in [5, 5.41) is 0. The predicted molar refractivity (Wildman–Crippen MR) is 122 cm³/mol. The number of rotatable bonds is 9. The van der Waals surface area contributed by atoms with Crippen molar-refractivity contribution in [3.05, 3.63) is 65.7 Å². The number of esters is 1. The molecule has 1 saturated heterocycles. The van der Waals surface area contributed by atoms with Gasteiger partial charge in [0.25, 0.3) is 0 Å². The van der Waals surface area contributed by atoms with Crippen LogP contribution in [0.25, 0.3) is 0 Å². The van der Waals surface area contributed by atoms with E-state index < -0.39 is 5.54 Å². The highest BCUT2D eigenvalue weighted by Gasteiger charge is 2.40. The molecule has 1 aliphatic rings. The average molecular weight is 424 g/mol. The van der Waals surface area contributed by atoms with E-state index in [-0.39, 0.29) is 17.7 Å². The van der Waals surface area contributed by atoms with Crippen LogP contribution < -0.4 is 4.74 Å². The Morgan fingerprint density at radius 2 is 1.77 bits per heavy atom. The molecule has 1 aliphatic heterocycles. The van der Waals surface area contributed by atoms with Crippen LogP contribution in [0, 0.1) is 0 Å². The lowest BCUT2D eigenvalue weighted by Crippen LogP contribution is -2.56. The van der Waals surface area contributed by atoms with Gasteiger partial charge in [-0.2, -0.15) is 0 Å². The molecule has 0 aliphatic carbocycles. The van der Waals surface area contributed by atoms with Crippen LogP contribution in [0.15, 0.2) is 54.6 Å². The second-order valence-electron chi connectivity index (χ2n) is 8.52. The molecule has 0 radical (unpaired) electrons. The lowest BCUT2D eigenvalue weighted by molar-refractivity contribution is -0.133. The number of ether oxygens (including phenoxy) is 2. The van der Waals surface area contributed by atoms with Gasteiger partial charge in [0.1, 0.15) is 12.4 Å². The zero-order valence-corrected chi connectivity index (χ0v) is 18.8. The summed E-state index contributed by atoms with van der Waals surface area (Å²) in [5.74, 6) is 0.867. The Balaban J connectivity index is 1.61. The molecule has 31 heavy (non-hydrogen) atoms. The van der Waals surface area contributed by atoms with E-state index in [1.165, 1.54) is 7.11 Å². The first-order valence-corrected chi connectivity index (χ1v) is 11.1. The Labute approximate surface area is 185 Å². The SMILES string of the molecule is COC(=O)c1ccc([C@H](C)CC(=O)C2(C)CCCCN2CCOc2ccccc2)cc1. The zero-order chi connectivity index (χ0) is 22.3. The van der Waals surface area contributed by atoms with E-state index in [0.29, 0.717) is 18.6 Å². The second kappa shape index (κ2) is 10.6. The van der Waals surface area contributed by atoms with Gasteiger partial charge in [0.2, 0.25) is 0 Å². The number of Topliss-reactive ketones (excluding diaryl/α,β-unsaturated/α-hetero) is 1. The summed E-state index contributed by atoms with van der Waals surface area (Å²) >= 11 is 0. The van der Waals surface area contributed by atoms with Crippen molar-refractivity contribution in [2.75, 3.05) is 26.8 Å². The molecule has 2 atom stereocenters. The number of piperidine rings is 1. The predicted octanol–water partition coefficient (Wildman–Crippen LogP) is 4.86. The standard InChI is InChI=1S/C26H33NO4/c1-20(21-11-13-22(14-12-21)25(29)30-3)19-24(28)26(2)15-7-8-16-27(26)17-18-31-23-9-5-4-6-10-23/h4-6,9-14,20H,7-8,15-19H2,1-3H3/t20-,26?/m1/s1. The van der Waals surface area contributed by atoms with Crippen molar-refractivity contribution in [3.8, 4) is 5.75 Å². The van der Waals surface area contributed by atoms with Crippen molar-refractivity contribution in [1.82, 2.24) is 4.90 Å². The van der Waals surface area contributed by atoms with Crippen LogP contribution in [-0.2, 0) is 9.53 Å². The van der Waals surface area contributed by atoms with Crippen molar-refractivity contribution in [3.63, 3.8) is 0 Å². The molecule has 0 N–H and O–H groups in total. The number of likely N-dealkylation sites (tertiary alicyclic amines) is 1. The largest absolute Gasteiger partial charge is 0.492 e. The van der Waals surface area contributed by atoms with E-state index in [9.17, 15) is 9.59 Å². The molecular weight excluding hydrogens is 390 g/mol. The van der Waals surface area contributed by atoms with Crippen molar-refractivity contribution in [2.24, 2.45) is 0 Å². The Bertz CT molecular complexity index is 865. The zero-order valence-electron chi connectivity index (χ0n) is 18.8. The van der Waals surface area contributed by atoms with Gasteiger partial charge in [-0.05, 0) is 68.5 Å². The molecule has 5 heteroatoms. The maximum Gasteiger partial charge on any atom is 0.337 e. The van der Waals surface area contributed by atoms with Gasteiger partial charge in [-0.25, -0.2) is 4.79 Å². The number of hydrogen-bond donors (Lipinski definition) is 0. The highest BCUT2D eigenvalue weighted by molar-refractivity contribution is 5.90. The summed E-state index contributed by atoms with van der Waals surface area (Å²) in [5.41, 5.74) is 1.12. The van der Waals surface area contributed by atoms with Gasteiger partial charge in [0.05, 0.1) is 18.2 Å². The number of carbonyl (C=O) groups is 2. The second-order valence-corrected chi connectivity index (χ2v) is 8.52. The van der Waals surface area contributed by atoms with Crippen molar-refractivity contribution in [1.29, 1.82) is 0 Å². The van der Waals surface area contributed by atoms with Crippen LogP contribution in [-0.4, -0.2) is 49.0 Å². The number of ketones is 1. The number of para-hydroxylation sites is 1. The van der Waals surface area contributed by atoms with Crippen LogP contribution in [0.1, 0.15) is 61.4 Å². The van der Waals surface area contributed by atoms with E-state index >= 15 is 0 Å². The summed E-state index contributed by atoms with van der Waals surface area (Å²) in [4.78, 5) is 27.4. The van der Waals surface area contributed by atoms with Crippen LogP contribution in [0.4, 0.5) is 0 Å². The van der Waals surface area contributed by atoms with E-state index in [2.05, 4.69) is 18.7 Å². The Morgan fingerprint density at radius 3 is 2.45 bits per heavy atom. The van der Waals surface area contributed by atoms with Crippen LogP contribution in [0.3, 0.4) is 0 Å². The summed E-state index contributed by atoms with van der Waals surface area (Å²) < 4.78 is 10.6. The minimum absolute atomic E-state index is 0.0837. The van der Waals surface area contributed by atoms with E-state index in [0.717, 1.165) is 43.7 Å². The summed E-state index contributed by atoms with van der Waals surface area (Å²) in [7, 11) is 1.37. The number of methoxy groups -OCH3 is 1. The molecule has 2 aromatic carbocycles. The van der Waals surface area contributed by atoms with Gasteiger partial charge in [-0.1, -0.05) is 37.3 Å². The maximum absolute atomic E-state index is 13.4. The topological polar surface area (TPSA) is 55.8 Å². The van der Waals surface area contributed by atoms with Gasteiger partial charge in [0, 0.05) is 13.0 Å². The number of nitrogens with zero attached hydrogens (tertiary/aromatic N) is 1. The number of carbonyl (C=O) groups excluding carboxylic acids is 2. The van der Waals surface area contributed by atoms with Crippen molar-refractivity contribution < 1.29 is 19.1 Å². The Morgan fingerprint density at radius 1 is 1.06 bits per heavy atom. The molecule has 0 amide bonds. The molecule has 0 aromatic heterocycles. The lowest BCUT2D eigenvalue weighted by Gasteiger charge is -2.44. The molecule has 1 unspecified atom stereocenters. The minimum atomic E-state index is -0.460. The maximum atomic E-state index is 13.4. The molecule has 0 saturated carbocycles. The fraction of sp³-hybridized carbons (Fsp3) is 0.462. The van der Waals surface area contributed by atoms with Gasteiger partial charge in [-0.15, -0.1) is 0 Å². The van der Waals surface area contributed by atoms with E-state index in [4.69, 9.17) is 9.47 Å². The van der Waals surface area contributed by atoms with E-state index in [1.807, 2.05) is 42.5 Å². The fourth-order valence-electron chi connectivity index (χ4n) is 4.32. The molecule has 3 rings (SSSR count). The average Bonchev–Trinajstić information content (AvgIpc) is 2.80. The van der Waals surface area contributed by atoms with Gasteiger partial charge in [0.15, 0.2) is 5.78 Å². The van der Waals surface area contributed by atoms with Gasteiger partial charge < -0.3 is 9.47 Å². The number of hydrogen-bond acceptors (Lipinski definition) is 5. The van der Waals surface area contributed by atoms with Crippen molar-refractivity contribution >= 4 is 11.8 Å². The Hall–Kier alpha value is -2.66. The summed E-state index contributed by atoms with van der Waals surface area (Å²) in [6.45, 7) is 6.38. The highest BCUT2D eigenvalue weighted by atomic mass is 16.5. The molecular formula is C26H33NO4. The van der Waals surface area contributed by atoms with Crippen LogP contribution in [0.5, 0.6) is 5.75 Å². The van der Waals surface area contributed by atoms with Gasteiger partial charge in [-0.3, -0.25) is 9.69 Å². The molecule has 0 spiro atoms. The quantitative estimate of drug-likeness (QED) is 0.539. The Kier molecular flexibility index (Phi) is 7.85.